The summed E-state index contributed by atoms with van der Waals surface area (Å²) in [5.41, 5.74) is 0. The van der Waals surface area contributed by atoms with Crippen molar-refractivity contribution in [1.82, 2.24) is 4.98 Å². The average Bonchev–Trinajstić information content (AvgIpc) is 1.90. The summed E-state index contributed by atoms with van der Waals surface area (Å²) in [6.45, 7) is -1.68. The molecule has 0 fully saturated rings. The van der Waals surface area contributed by atoms with Crippen LogP contribution in [0.2, 0.25) is 0 Å². The molecular weight excluding hydrogens is 192 g/mol. The maximum Gasteiger partial charge on any atom is 0.222 e. The summed E-state index contributed by atoms with van der Waals surface area (Å²) in [7, 11) is 0. The van der Waals surface area contributed by atoms with E-state index < -0.39 is 6.85 Å². The number of hydrogen-bond acceptors (Lipinski definition) is 2. The van der Waals surface area contributed by atoms with E-state index >= 15 is 0 Å². The second-order valence-corrected chi connectivity index (χ2v) is 4.11. The quantitative estimate of drug-likeness (QED) is 0.650. The van der Waals surface area contributed by atoms with E-state index in [0.29, 0.717) is 0 Å². The highest BCUT2D eigenvalue weighted by Crippen LogP contribution is 2.40. The van der Waals surface area contributed by atoms with E-state index in [4.69, 9.17) is 4.89 Å². The number of halogens is 2. The Kier molecular flexibility index (Phi) is 7.32. The molecule has 1 rings (SSSR count). The number of nitrogens with zero attached hydrogens (tertiary/aromatic N) is 1. The summed E-state index contributed by atoms with van der Waals surface area (Å²) in [6, 6.07) is 5.72. The van der Waals surface area contributed by atoms with E-state index in [1.54, 1.807) is 12.4 Å². The van der Waals surface area contributed by atoms with Gasteiger partial charge in [0.2, 0.25) is 6.85 Å². The molecule has 1 N–H and O–H groups in total. The topological polar surface area (TPSA) is 33.1 Å². The highest BCUT2D eigenvalue weighted by atomic mass is 35.9. The number of aromatic nitrogens is 1. The van der Waals surface area contributed by atoms with E-state index in [9.17, 15) is 0 Å². The smallest absolute Gasteiger partial charge is 0.222 e. The summed E-state index contributed by atoms with van der Waals surface area (Å²) < 4.78 is 0. The molecule has 0 unspecified atom stereocenters. The molecule has 0 aliphatic rings. The molecule has 2 nitrogen and oxygen atoms in total. The standard InChI is InChI=1S/C5H5N.Cl2HOP/c1-2-4-6-5-3-1;1-4(2)3/h1-5H;3H. The molecule has 0 bridgehead atoms. The van der Waals surface area contributed by atoms with Crippen molar-refractivity contribution in [2.24, 2.45) is 0 Å². The molecule has 10 heavy (non-hydrogen) atoms. The molecule has 1 aromatic rings. The van der Waals surface area contributed by atoms with Crippen molar-refractivity contribution in [3.63, 3.8) is 0 Å². The Hall–Kier alpha value is 0.120. The Balaban J connectivity index is 0.000000180. The van der Waals surface area contributed by atoms with Crippen molar-refractivity contribution in [3.05, 3.63) is 30.6 Å². The van der Waals surface area contributed by atoms with Crippen molar-refractivity contribution >= 4 is 29.3 Å². The first-order valence-electron chi connectivity index (χ1n) is 2.39. The van der Waals surface area contributed by atoms with Gasteiger partial charge in [0, 0.05) is 12.4 Å². The van der Waals surface area contributed by atoms with Crippen LogP contribution >= 0.6 is 29.3 Å². The predicted molar refractivity (Wildman–Crippen MR) is 45.1 cm³/mol. The minimum atomic E-state index is -1.68. The average molecular weight is 198 g/mol. The fourth-order valence-corrected chi connectivity index (χ4v) is 0.313. The molecule has 0 aromatic carbocycles. The van der Waals surface area contributed by atoms with E-state index in [1.165, 1.54) is 0 Å². The fourth-order valence-electron chi connectivity index (χ4n) is 0.313. The first kappa shape index (κ1) is 10.1. The molecular formula is C5H6Cl2NOP. The van der Waals surface area contributed by atoms with Crippen molar-refractivity contribution in [2.45, 2.75) is 0 Å². The van der Waals surface area contributed by atoms with Gasteiger partial charge in [-0.15, -0.1) is 0 Å². The fraction of sp³-hybridized carbons (Fsp3) is 0. The van der Waals surface area contributed by atoms with Crippen LogP contribution in [0.4, 0.5) is 0 Å². The second-order valence-electron chi connectivity index (χ2n) is 1.24. The van der Waals surface area contributed by atoms with Gasteiger partial charge in [-0.25, -0.2) is 0 Å². The number of pyridine rings is 1. The van der Waals surface area contributed by atoms with Gasteiger partial charge in [0.15, 0.2) is 0 Å². The van der Waals surface area contributed by atoms with Crippen LogP contribution in [0.25, 0.3) is 0 Å². The highest BCUT2D eigenvalue weighted by Gasteiger charge is 1.79. The zero-order valence-electron chi connectivity index (χ0n) is 4.98. The van der Waals surface area contributed by atoms with E-state index in [0.717, 1.165) is 0 Å². The largest absolute Gasteiger partial charge is 0.347 e. The predicted octanol–water partition coefficient (Wildman–Crippen LogP) is 2.76. The summed E-state index contributed by atoms with van der Waals surface area (Å²) in [5.74, 6) is 0. The lowest BCUT2D eigenvalue weighted by Gasteiger charge is -1.71. The van der Waals surface area contributed by atoms with Crippen LogP contribution < -0.4 is 0 Å². The minimum absolute atomic E-state index is 1.68. The molecule has 0 amide bonds. The van der Waals surface area contributed by atoms with Crippen LogP contribution in [0.3, 0.4) is 0 Å². The Labute approximate surface area is 70.2 Å². The maximum atomic E-state index is 7.65. The second kappa shape index (κ2) is 7.23. The summed E-state index contributed by atoms with van der Waals surface area (Å²) in [5, 5.41) is 0. The van der Waals surface area contributed by atoms with Crippen molar-refractivity contribution in [2.75, 3.05) is 0 Å². The van der Waals surface area contributed by atoms with E-state index in [1.807, 2.05) is 18.2 Å². The Bertz CT molecular complexity index is 120. The summed E-state index contributed by atoms with van der Waals surface area (Å²) in [6.07, 6.45) is 3.50. The van der Waals surface area contributed by atoms with E-state index in [-0.39, 0.29) is 0 Å². The molecule has 56 valence electrons. The molecule has 5 heteroatoms. The lowest BCUT2D eigenvalue weighted by atomic mass is 10.5. The zero-order chi connectivity index (χ0) is 7.82. The molecule has 0 atom stereocenters. The van der Waals surface area contributed by atoms with Gasteiger partial charge in [0.05, 0.1) is 0 Å². The maximum absolute atomic E-state index is 7.65. The SMILES string of the molecule is OP(Cl)Cl.c1ccncc1. The third-order valence-electron chi connectivity index (χ3n) is 0.566. The van der Waals surface area contributed by atoms with Gasteiger partial charge >= 0.3 is 0 Å². The summed E-state index contributed by atoms with van der Waals surface area (Å²) in [4.78, 5) is 11.4. The lowest BCUT2D eigenvalue weighted by Crippen LogP contribution is -1.58. The number of rotatable bonds is 0. The van der Waals surface area contributed by atoms with Gasteiger partial charge in [-0.05, 0) is 34.6 Å². The van der Waals surface area contributed by atoms with Crippen LogP contribution in [0.5, 0.6) is 0 Å². The minimum Gasteiger partial charge on any atom is -0.347 e. The van der Waals surface area contributed by atoms with E-state index in [2.05, 4.69) is 27.5 Å². The van der Waals surface area contributed by atoms with Crippen molar-refractivity contribution in [1.29, 1.82) is 0 Å². The van der Waals surface area contributed by atoms with Gasteiger partial charge in [-0.2, -0.15) is 0 Å². The first-order valence-corrected chi connectivity index (χ1v) is 5.49. The lowest BCUT2D eigenvalue weighted by molar-refractivity contribution is 0.654. The third-order valence-corrected chi connectivity index (χ3v) is 0.566. The molecule has 1 aromatic heterocycles. The van der Waals surface area contributed by atoms with Crippen molar-refractivity contribution < 1.29 is 4.89 Å². The zero-order valence-corrected chi connectivity index (χ0v) is 7.39. The summed E-state index contributed by atoms with van der Waals surface area (Å²) >= 11 is 9.32. The molecule has 0 saturated carbocycles. The first-order chi connectivity index (χ1) is 4.73. The van der Waals surface area contributed by atoms with Crippen molar-refractivity contribution in [3.8, 4) is 0 Å². The molecule has 0 saturated heterocycles. The molecule has 0 aliphatic carbocycles. The highest BCUT2D eigenvalue weighted by molar-refractivity contribution is 7.99. The number of hydrogen-bond donors (Lipinski definition) is 1. The van der Waals surface area contributed by atoms with Gasteiger partial charge in [-0.1, -0.05) is 6.07 Å². The Morgan fingerprint density at radius 2 is 1.50 bits per heavy atom. The van der Waals surface area contributed by atoms with Crippen LogP contribution in [-0.2, 0) is 0 Å². The third kappa shape index (κ3) is 11.0. The molecule has 0 radical (unpaired) electrons. The molecule has 1 heterocycles. The Morgan fingerprint density at radius 3 is 1.60 bits per heavy atom. The van der Waals surface area contributed by atoms with Gasteiger partial charge < -0.3 is 4.89 Å². The van der Waals surface area contributed by atoms with Crippen LogP contribution in [0, 0.1) is 0 Å². The Morgan fingerprint density at radius 1 is 1.10 bits per heavy atom. The van der Waals surface area contributed by atoms with Gasteiger partial charge in [0.1, 0.15) is 0 Å². The van der Waals surface area contributed by atoms with Gasteiger partial charge in [-0.3, -0.25) is 4.98 Å². The van der Waals surface area contributed by atoms with Crippen LogP contribution in [0.1, 0.15) is 0 Å². The normalized spacial score (nSPS) is 8.40. The van der Waals surface area contributed by atoms with Crippen LogP contribution in [0.15, 0.2) is 30.6 Å². The molecule has 0 aliphatic heterocycles. The molecule has 0 spiro atoms. The monoisotopic (exact) mass is 197 g/mol. The van der Waals surface area contributed by atoms with Gasteiger partial charge in [0.25, 0.3) is 0 Å². The van der Waals surface area contributed by atoms with Crippen LogP contribution in [-0.4, -0.2) is 9.88 Å².